The van der Waals surface area contributed by atoms with Crippen LogP contribution < -0.4 is 5.73 Å². The molecule has 0 amide bonds. The monoisotopic (exact) mass is 302 g/mol. The molecule has 1 aromatic carbocycles. The van der Waals surface area contributed by atoms with E-state index in [1.54, 1.807) is 6.07 Å². The van der Waals surface area contributed by atoms with Crippen molar-refractivity contribution in [1.82, 2.24) is 4.90 Å². The van der Waals surface area contributed by atoms with Crippen molar-refractivity contribution in [1.29, 1.82) is 0 Å². The fourth-order valence-electron chi connectivity index (χ4n) is 2.99. The second kappa shape index (κ2) is 6.34. The fourth-order valence-corrected chi connectivity index (χ4v) is 2.99. The summed E-state index contributed by atoms with van der Waals surface area (Å²) in [4.78, 5) is 1.99. The van der Waals surface area contributed by atoms with Gasteiger partial charge in [0.2, 0.25) is 0 Å². The maximum absolute atomic E-state index is 13.2. The summed E-state index contributed by atoms with van der Waals surface area (Å²) in [6.45, 7) is 5.15. The Kier molecular flexibility index (Phi) is 4.91. The van der Waals surface area contributed by atoms with Crippen molar-refractivity contribution in [2.45, 2.75) is 38.3 Å². The van der Waals surface area contributed by atoms with Crippen LogP contribution in [0.3, 0.4) is 0 Å². The highest BCUT2D eigenvalue weighted by atomic mass is 19.4. The highest BCUT2D eigenvalue weighted by Crippen LogP contribution is 2.36. The van der Waals surface area contributed by atoms with Gasteiger partial charge in [-0.05, 0) is 25.5 Å². The van der Waals surface area contributed by atoms with Crippen LogP contribution in [0.15, 0.2) is 24.3 Å². The number of hydrogen-bond donors (Lipinski definition) is 1. The normalized spacial score (nSPS) is 25.8. The molecular formula is C15H21F3N2O. The van der Waals surface area contributed by atoms with Crippen molar-refractivity contribution in [3.8, 4) is 0 Å². The molecule has 0 spiro atoms. The molecule has 0 unspecified atom stereocenters. The van der Waals surface area contributed by atoms with Crippen molar-refractivity contribution in [2.75, 3.05) is 19.6 Å². The molecule has 3 nitrogen and oxygen atoms in total. The Labute approximate surface area is 122 Å². The predicted molar refractivity (Wildman–Crippen MR) is 74.8 cm³/mol. The number of halogens is 3. The quantitative estimate of drug-likeness (QED) is 0.933. The van der Waals surface area contributed by atoms with E-state index < -0.39 is 17.8 Å². The number of hydrogen-bond acceptors (Lipinski definition) is 3. The van der Waals surface area contributed by atoms with E-state index in [-0.39, 0.29) is 24.3 Å². The molecule has 1 heterocycles. The van der Waals surface area contributed by atoms with Crippen molar-refractivity contribution in [2.24, 2.45) is 5.73 Å². The Bertz CT molecular complexity index is 468. The van der Waals surface area contributed by atoms with Gasteiger partial charge in [-0.1, -0.05) is 18.2 Å². The Morgan fingerprint density at radius 3 is 2.33 bits per heavy atom. The Balaban J connectivity index is 2.34. The molecule has 1 aromatic rings. The molecule has 1 saturated heterocycles. The first-order valence-corrected chi connectivity index (χ1v) is 7.08. The molecule has 0 saturated carbocycles. The number of morpholine rings is 1. The summed E-state index contributed by atoms with van der Waals surface area (Å²) in [5, 5.41) is 0. The van der Waals surface area contributed by atoms with Gasteiger partial charge in [0.25, 0.3) is 0 Å². The highest BCUT2D eigenvalue weighted by molar-refractivity contribution is 5.33. The average molecular weight is 302 g/mol. The van der Waals surface area contributed by atoms with E-state index in [2.05, 4.69) is 0 Å². The minimum absolute atomic E-state index is 0.0131. The van der Waals surface area contributed by atoms with Crippen LogP contribution in [0, 0.1) is 0 Å². The lowest BCUT2D eigenvalue weighted by Crippen LogP contribution is -2.48. The number of rotatable bonds is 3. The Hall–Kier alpha value is -1.11. The van der Waals surface area contributed by atoms with Gasteiger partial charge in [0, 0.05) is 25.7 Å². The molecule has 0 radical (unpaired) electrons. The lowest BCUT2D eigenvalue weighted by molar-refractivity contribution is -0.139. The average Bonchev–Trinajstić information content (AvgIpc) is 2.38. The zero-order chi connectivity index (χ0) is 15.6. The van der Waals surface area contributed by atoms with Gasteiger partial charge in [0.05, 0.1) is 17.8 Å². The van der Waals surface area contributed by atoms with Gasteiger partial charge >= 0.3 is 6.18 Å². The zero-order valence-corrected chi connectivity index (χ0v) is 12.2. The third-order valence-electron chi connectivity index (χ3n) is 3.74. The topological polar surface area (TPSA) is 38.5 Å². The molecule has 2 rings (SSSR count). The van der Waals surface area contributed by atoms with Crippen LogP contribution in [0.4, 0.5) is 13.2 Å². The first-order valence-electron chi connectivity index (χ1n) is 7.08. The van der Waals surface area contributed by atoms with Crippen molar-refractivity contribution < 1.29 is 17.9 Å². The number of alkyl halides is 3. The van der Waals surface area contributed by atoms with E-state index in [0.717, 1.165) is 6.07 Å². The molecule has 1 aliphatic rings. The van der Waals surface area contributed by atoms with Crippen LogP contribution in [0.25, 0.3) is 0 Å². The van der Waals surface area contributed by atoms with Crippen LogP contribution in [0.5, 0.6) is 0 Å². The van der Waals surface area contributed by atoms with E-state index in [9.17, 15) is 13.2 Å². The minimum Gasteiger partial charge on any atom is -0.373 e. The molecule has 6 heteroatoms. The first-order chi connectivity index (χ1) is 9.82. The zero-order valence-electron chi connectivity index (χ0n) is 12.2. The maximum Gasteiger partial charge on any atom is 0.416 e. The Morgan fingerprint density at radius 2 is 1.81 bits per heavy atom. The van der Waals surface area contributed by atoms with E-state index >= 15 is 0 Å². The fraction of sp³-hybridized carbons (Fsp3) is 0.600. The van der Waals surface area contributed by atoms with Crippen LogP contribution >= 0.6 is 0 Å². The summed E-state index contributed by atoms with van der Waals surface area (Å²) in [5.41, 5.74) is 5.43. The smallest absolute Gasteiger partial charge is 0.373 e. The summed E-state index contributed by atoms with van der Waals surface area (Å²) in [5.74, 6) is 0. The summed E-state index contributed by atoms with van der Waals surface area (Å²) < 4.78 is 45.2. The Morgan fingerprint density at radius 1 is 1.24 bits per heavy atom. The molecule has 0 bridgehead atoms. The van der Waals surface area contributed by atoms with E-state index in [1.165, 1.54) is 12.1 Å². The summed E-state index contributed by atoms with van der Waals surface area (Å²) in [6, 6.07) is 5.22. The number of benzene rings is 1. The van der Waals surface area contributed by atoms with Crippen molar-refractivity contribution in [3.05, 3.63) is 35.4 Å². The standard InChI is InChI=1S/C15H21F3N2O/c1-10-8-20(9-11(2)21-10)14(7-19)12-5-3-4-6-13(12)15(16,17)18/h3-6,10-11,14H,7-9,19H2,1-2H3/t10-,11-,14+/m1/s1. The number of nitrogens with zero attached hydrogens (tertiary/aromatic N) is 1. The van der Waals surface area contributed by atoms with Crippen LogP contribution in [-0.2, 0) is 10.9 Å². The maximum atomic E-state index is 13.2. The summed E-state index contributed by atoms with van der Waals surface area (Å²) in [6.07, 6.45) is -4.39. The van der Waals surface area contributed by atoms with Gasteiger partial charge in [-0.2, -0.15) is 13.2 Å². The SMILES string of the molecule is C[C@@H]1CN([C@@H](CN)c2ccccc2C(F)(F)F)C[C@@H](C)O1. The van der Waals surface area contributed by atoms with Crippen LogP contribution in [0.2, 0.25) is 0 Å². The van der Waals surface area contributed by atoms with E-state index in [0.29, 0.717) is 13.1 Å². The second-order valence-electron chi connectivity index (χ2n) is 5.55. The largest absolute Gasteiger partial charge is 0.416 e. The predicted octanol–water partition coefficient (Wildman–Crippen LogP) is 2.81. The van der Waals surface area contributed by atoms with Crippen LogP contribution in [0.1, 0.15) is 31.0 Å². The van der Waals surface area contributed by atoms with Gasteiger partial charge in [0.1, 0.15) is 0 Å². The molecular weight excluding hydrogens is 281 g/mol. The van der Waals surface area contributed by atoms with Crippen LogP contribution in [-0.4, -0.2) is 36.7 Å². The molecule has 2 N–H and O–H groups in total. The molecule has 3 atom stereocenters. The third kappa shape index (κ3) is 3.75. The van der Waals surface area contributed by atoms with Gasteiger partial charge in [-0.15, -0.1) is 0 Å². The number of nitrogens with two attached hydrogens (primary N) is 1. The van der Waals surface area contributed by atoms with Gasteiger partial charge in [-0.25, -0.2) is 0 Å². The van der Waals surface area contributed by atoms with E-state index in [4.69, 9.17) is 10.5 Å². The van der Waals surface area contributed by atoms with Gasteiger partial charge < -0.3 is 10.5 Å². The molecule has 0 aliphatic carbocycles. The minimum atomic E-state index is -4.37. The number of ether oxygens (including phenoxy) is 1. The summed E-state index contributed by atoms with van der Waals surface area (Å²) in [7, 11) is 0. The van der Waals surface area contributed by atoms with Gasteiger partial charge in [-0.3, -0.25) is 4.90 Å². The van der Waals surface area contributed by atoms with Crippen molar-refractivity contribution >= 4 is 0 Å². The molecule has 21 heavy (non-hydrogen) atoms. The highest BCUT2D eigenvalue weighted by Gasteiger charge is 2.37. The molecule has 118 valence electrons. The molecule has 1 aliphatic heterocycles. The molecule has 0 aromatic heterocycles. The first kappa shape index (κ1) is 16.3. The van der Waals surface area contributed by atoms with Gasteiger partial charge in [0.15, 0.2) is 0 Å². The van der Waals surface area contributed by atoms with Crippen molar-refractivity contribution in [3.63, 3.8) is 0 Å². The second-order valence-corrected chi connectivity index (χ2v) is 5.55. The summed E-state index contributed by atoms with van der Waals surface area (Å²) >= 11 is 0. The lowest BCUT2D eigenvalue weighted by atomic mass is 9.97. The van der Waals surface area contributed by atoms with E-state index in [1.807, 2.05) is 18.7 Å². The molecule has 1 fully saturated rings. The lowest BCUT2D eigenvalue weighted by Gasteiger charge is -2.40. The third-order valence-corrected chi connectivity index (χ3v) is 3.74.